The molecule has 0 saturated carbocycles. The van der Waals surface area contributed by atoms with Crippen molar-refractivity contribution in [2.75, 3.05) is 18.3 Å². The second kappa shape index (κ2) is 7.62. The van der Waals surface area contributed by atoms with E-state index < -0.39 is 0 Å². The van der Waals surface area contributed by atoms with Crippen LogP contribution in [0.15, 0.2) is 48.5 Å². The Morgan fingerprint density at radius 3 is 2.64 bits per heavy atom. The van der Waals surface area contributed by atoms with E-state index in [1.165, 1.54) is 0 Å². The Morgan fingerprint density at radius 1 is 1.16 bits per heavy atom. The molecule has 0 saturated heterocycles. The second-order valence-corrected chi connectivity index (χ2v) is 6.23. The summed E-state index contributed by atoms with van der Waals surface area (Å²) in [5, 5.41) is 4.21. The third-order valence-corrected chi connectivity index (χ3v) is 4.62. The van der Waals surface area contributed by atoms with Crippen LogP contribution in [0.2, 0.25) is 0 Å². The number of ether oxygens (including phenoxy) is 1. The maximum absolute atomic E-state index is 12.8. The molecule has 4 nitrogen and oxygen atoms in total. The quantitative estimate of drug-likeness (QED) is 0.655. The number of nitrogens with zero attached hydrogens (tertiary/aromatic N) is 1. The molecule has 0 radical (unpaired) electrons. The lowest BCUT2D eigenvalue weighted by molar-refractivity contribution is 0.102. The molecule has 0 bridgehead atoms. The molecule has 0 aliphatic heterocycles. The lowest BCUT2D eigenvalue weighted by Crippen LogP contribution is -2.16. The largest absolute Gasteiger partial charge is 0.496 e. The van der Waals surface area contributed by atoms with Gasteiger partial charge in [0.15, 0.2) is 0 Å². The van der Waals surface area contributed by atoms with Crippen LogP contribution in [0.4, 0.5) is 5.82 Å². The first-order valence-corrected chi connectivity index (χ1v) is 8.77. The number of carbonyl (C=O) groups excluding carboxylic acids is 1. The minimum Gasteiger partial charge on any atom is -0.496 e. The number of hydrogen-bond acceptors (Lipinski definition) is 2. The molecule has 0 aliphatic carbocycles. The number of methoxy groups -OCH3 is 1. The summed E-state index contributed by atoms with van der Waals surface area (Å²) in [6.07, 6.45) is 1.67. The molecule has 0 fully saturated rings. The van der Waals surface area contributed by atoms with Gasteiger partial charge in [-0.25, -0.2) is 0 Å². The van der Waals surface area contributed by atoms with Crippen molar-refractivity contribution < 1.29 is 9.53 Å². The van der Waals surface area contributed by atoms with Gasteiger partial charge in [-0.3, -0.25) is 4.79 Å². The molecule has 0 atom stereocenters. The molecule has 25 heavy (non-hydrogen) atoms. The van der Waals surface area contributed by atoms with E-state index in [0.717, 1.165) is 35.1 Å². The molecule has 3 rings (SSSR count). The van der Waals surface area contributed by atoms with E-state index in [0.29, 0.717) is 17.2 Å². The van der Waals surface area contributed by atoms with Crippen molar-refractivity contribution in [3.05, 3.63) is 59.7 Å². The van der Waals surface area contributed by atoms with Gasteiger partial charge in [0.1, 0.15) is 11.6 Å². The molecule has 5 heteroatoms. The zero-order valence-corrected chi connectivity index (χ0v) is 15.1. The Balaban J connectivity index is 2.03. The van der Waals surface area contributed by atoms with Gasteiger partial charge in [0, 0.05) is 29.4 Å². The van der Waals surface area contributed by atoms with Crippen LogP contribution in [0, 0.1) is 0 Å². The monoisotopic (exact) mass is 356 g/mol. The standard InChI is InChI=1S/C20H21ClN2O2/c1-23-17-11-5-3-8-14(17)15(10-7-13-21)19(23)22-20(24)16-9-4-6-12-18(16)25-2/h3-6,8-9,11-12H,7,10,13H2,1-2H3,(H,22,24). The molecule has 2 aromatic carbocycles. The summed E-state index contributed by atoms with van der Waals surface area (Å²) in [6, 6.07) is 15.4. The van der Waals surface area contributed by atoms with E-state index in [-0.39, 0.29) is 5.91 Å². The predicted molar refractivity (Wildman–Crippen MR) is 103 cm³/mol. The zero-order valence-electron chi connectivity index (χ0n) is 14.4. The second-order valence-electron chi connectivity index (χ2n) is 5.85. The highest BCUT2D eigenvalue weighted by molar-refractivity contribution is 6.17. The molecule has 0 spiro atoms. The van der Waals surface area contributed by atoms with Crippen molar-refractivity contribution in [1.29, 1.82) is 0 Å². The van der Waals surface area contributed by atoms with Crippen LogP contribution in [-0.2, 0) is 13.5 Å². The lowest BCUT2D eigenvalue weighted by Gasteiger charge is -2.12. The number of nitrogens with one attached hydrogen (secondary N) is 1. The predicted octanol–water partition coefficient (Wildman–Crippen LogP) is 4.61. The average molecular weight is 357 g/mol. The van der Waals surface area contributed by atoms with Gasteiger partial charge < -0.3 is 14.6 Å². The van der Waals surface area contributed by atoms with Crippen molar-refractivity contribution in [2.24, 2.45) is 7.05 Å². The molecular formula is C20H21ClN2O2. The van der Waals surface area contributed by atoms with Gasteiger partial charge in [0.2, 0.25) is 0 Å². The molecule has 1 heterocycles. The summed E-state index contributed by atoms with van der Waals surface area (Å²) in [5.41, 5.74) is 2.71. The first kappa shape index (κ1) is 17.4. The third-order valence-electron chi connectivity index (χ3n) is 4.36. The topological polar surface area (TPSA) is 43.3 Å². The van der Waals surface area contributed by atoms with E-state index in [4.69, 9.17) is 16.3 Å². The summed E-state index contributed by atoms with van der Waals surface area (Å²) in [7, 11) is 3.53. The summed E-state index contributed by atoms with van der Waals surface area (Å²) in [4.78, 5) is 12.8. The first-order chi connectivity index (χ1) is 12.2. The Hall–Kier alpha value is -2.46. The number of hydrogen-bond donors (Lipinski definition) is 1. The van der Waals surface area contributed by atoms with E-state index >= 15 is 0 Å². The van der Waals surface area contributed by atoms with Crippen molar-refractivity contribution in [3.63, 3.8) is 0 Å². The van der Waals surface area contributed by atoms with Crippen LogP contribution in [0.25, 0.3) is 10.9 Å². The summed E-state index contributed by atoms with van der Waals surface area (Å²) >= 11 is 5.89. The molecule has 3 aromatic rings. The normalized spacial score (nSPS) is 10.8. The number of alkyl halides is 1. The third kappa shape index (κ3) is 3.35. The lowest BCUT2D eigenvalue weighted by atomic mass is 10.1. The summed E-state index contributed by atoms with van der Waals surface area (Å²) < 4.78 is 7.32. The van der Waals surface area contributed by atoms with Crippen molar-refractivity contribution >= 4 is 34.2 Å². The number of rotatable bonds is 6. The van der Waals surface area contributed by atoms with Gasteiger partial charge in [-0.15, -0.1) is 11.6 Å². The van der Waals surface area contributed by atoms with Crippen LogP contribution in [0.5, 0.6) is 5.75 Å². The number of para-hydroxylation sites is 2. The number of anilines is 1. The Morgan fingerprint density at radius 2 is 1.88 bits per heavy atom. The Bertz CT molecular complexity index is 902. The summed E-state index contributed by atoms with van der Waals surface area (Å²) in [5.74, 6) is 1.77. The average Bonchev–Trinajstić information content (AvgIpc) is 2.92. The first-order valence-electron chi connectivity index (χ1n) is 8.24. The molecule has 130 valence electrons. The molecular weight excluding hydrogens is 336 g/mol. The van der Waals surface area contributed by atoms with E-state index in [2.05, 4.69) is 17.4 Å². The van der Waals surface area contributed by atoms with Gasteiger partial charge in [0.05, 0.1) is 12.7 Å². The highest BCUT2D eigenvalue weighted by Crippen LogP contribution is 2.31. The minimum atomic E-state index is -0.185. The van der Waals surface area contributed by atoms with Gasteiger partial charge >= 0.3 is 0 Å². The SMILES string of the molecule is COc1ccccc1C(=O)Nc1c(CCCCl)c2ccccc2n1C. The van der Waals surface area contributed by atoms with Crippen LogP contribution in [0.1, 0.15) is 22.3 Å². The van der Waals surface area contributed by atoms with E-state index in [1.54, 1.807) is 19.2 Å². The number of carbonyl (C=O) groups is 1. The van der Waals surface area contributed by atoms with Crippen molar-refractivity contribution in [2.45, 2.75) is 12.8 Å². The number of fused-ring (bicyclic) bond motifs is 1. The zero-order chi connectivity index (χ0) is 17.8. The highest BCUT2D eigenvalue weighted by Gasteiger charge is 2.19. The van der Waals surface area contributed by atoms with Gasteiger partial charge in [-0.05, 0) is 31.0 Å². The Labute approximate surface area is 152 Å². The van der Waals surface area contributed by atoms with Gasteiger partial charge in [-0.2, -0.15) is 0 Å². The Kier molecular flexibility index (Phi) is 5.29. The summed E-state index contributed by atoms with van der Waals surface area (Å²) in [6.45, 7) is 0. The number of aryl methyl sites for hydroxylation is 2. The molecule has 1 N–H and O–H groups in total. The molecule has 1 aromatic heterocycles. The number of aromatic nitrogens is 1. The van der Waals surface area contributed by atoms with Crippen LogP contribution in [-0.4, -0.2) is 23.5 Å². The van der Waals surface area contributed by atoms with Crippen LogP contribution >= 0.6 is 11.6 Å². The number of amides is 1. The van der Waals surface area contributed by atoms with Crippen LogP contribution in [0.3, 0.4) is 0 Å². The fraction of sp³-hybridized carbons (Fsp3) is 0.250. The fourth-order valence-electron chi connectivity index (χ4n) is 3.13. The van der Waals surface area contributed by atoms with E-state index in [9.17, 15) is 4.79 Å². The molecule has 1 amide bonds. The fourth-order valence-corrected chi connectivity index (χ4v) is 3.27. The van der Waals surface area contributed by atoms with Crippen molar-refractivity contribution in [3.8, 4) is 5.75 Å². The van der Waals surface area contributed by atoms with Crippen molar-refractivity contribution in [1.82, 2.24) is 4.57 Å². The highest BCUT2D eigenvalue weighted by atomic mass is 35.5. The molecule has 0 aliphatic rings. The van der Waals surface area contributed by atoms with Gasteiger partial charge in [-0.1, -0.05) is 30.3 Å². The van der Waals surface area contributed by atoms with Crippen LogP contribution < -0.4 is 10.1 Å². The number of halogens is 1. The number of benzene rings is 2. The maximum atomic E-state index is 12.8. The maximum Gasteiger partial charge on any atom is 0.260 e. The minimum absolute atomic E-state index is 0.185. The smallest absolute Gasteiger partial charge is 0.260 e. The molecule has 0 unspecified atom stereocenters. The van der Waals surface area contributed by atoms with Gasteiger partial charge in [0.25, 0.3) is 5.91 Å². The van der Waals surface area contributed by atoms with E-state index in [1.807, 2.05) is 35.9 Å².